The van der Waals surface area contributed by atoms with E-state index in [1.165, 1.54) is 17.8 Å². The fraction of sp³-hybridized carbons (Fsp3) is 0.571. The number of nitrogens with one attached hydrogen (secondary N) is 2. The summed E-state index contributed by atoms with van der Waals surface area (Å²) < 4.78 is 7.83. The van der Waals surface area contributed by atoms with Crippen LogP contribution in [-0.4, -0.2) is 66.1 Å². The number of hydrogen-bond acceptors (Lipinski definition) is 7. The number of carbonyl (C=O) groups is 2. The van der Waals surface area contributed by atoms with Crippen LogP contribution in [0.3, 0.4) is 0 Å². The molecule has 0 aliphatic carbocycles. The third-order valence-electron chi connectivity index (χ3n) is 6.80. The number of halogens is 3. The van der Waals surface area contributed by atoms with Gasteiger partial charge in [0.1, 0.15) is 33.3 Å². The molecule has 0 aliphatic rings. The standard InChI is InChI=1S/C28H41Cl3N8O3Si/c1-17(2)39-21(14-32-37-39)25(40)35-27(5,15-28(6,30)31)26(41)34-22-11-10-20(24(29)33-22)23-18(3)36-38(19(23)4)16-42-12-13-43(7,8)9/h10-11,14,17H,12-13,15-16H2,1-9H3,(H,35,40)(H,33,34,41)/t27-/m0/s1. The van der Waals surface area contributed by atoms with Crippen LogP contribution in [-0.2, 0) is 16.3 Å². The van der Waals surface area contributed by atoms with E-state index in [4.69, 9.17) is 39.5 Å². The fourth-order valence-corrected chi connectivity index (χ4v) is 6.13. The van der Waals surface area contributed by atoms with Gasteiger partial charge in [0.15, 0.2) is 0 Å². The first-order valence-corrected chi connectivity index (χ1v) is 18.9. The van der Waals surface area contributed by atoms with E-state index in [2.05, 4.69) is 50.7 Å². The van der Waals surface area contributed by atoms with Gasteiger partial charge < -0.3 is 15.4 Å². The Hall–Kier alpha value is -2.51. The molecule has 0 aliphatic heterocycles. The molecule has 3 rings (SSSR count). The normalized spacial score (nSPS) is 13.7. The minimum absolute atomic E-state index is 0.104. The molecule has 0 saturated heterocycles. The van der Waals surface area contributed by atoms with Crippen molar-refractivity contribution in [2.24, 2.45) is 0 Å². The molecule has 1 atom stereocenters. The number of ether oxygens (including phenoxy) is 1. The zero-order valence-corrected chi connectivity index (χ0v) is 29.4. The highest BCUT2D eigenvalue weighted by Gasteiger charge is 2.41. The van der Waals surface area contributed by atoms with Crippen molar-refractivity contribution in [3.63, 3.8) is 0 Å². The summed E-state index contributed by atoms with van der Waals surface area (Å²) in [5.74, 6) is -0.942. The van der Waals surface area contributed by atoms with E-state index in [9.17, 15) is 9.59 Å². The highest BCUT2D eigenvalue weighted by atomic mass is 35.5. The minimum Gasteiger partial charge on any atom is -0.360 e. The van der Waals surface area contributed by atoms with Crippen LogP contribution in [0.1, 0.15) is 62.0 Å². The van der Waals surface area contributed by atoms with Gasteiger partial charge in [0.05, 0.1) is 11.9 Å². The first-order valence-electron chi connectivity index (χ1n) is 14.0. The topological polar surface area (TPSA) is 129 Å². The lowest BCUT2D eigenvalue weighted by Crippen LogP contribution is -2.57. The second-order valence-electron chi connectivity index (χ2n) is 12.6. The number of nitrogens with zero attached hydrogens (tertiary/aromatic N) is 6. The van der Waals surface area contributed by atoms with Crippen LogP contribution < -0.4 is 10.6 Å². The molecule has 0 spiro atoms. The van der Waals surface area contributed by atoms with E-state index >= 15 is 0 Å². The molecule has 0 bridgehead atoms. The number of anilines is 1. The Kier molecular flexibility index (Phi) is 11.1. The molecular formula is C28H41Cl3N8O3Si. The Bertz CT molecular complexity index is 1460. The third-order valence-corrected chi connectivity index (χ3v) is 9.06. The fourth-order valence-electron chi connectivity index (χ4n) is 4.59. The van der Waals surface area contributed by atoms with Crippen LogP contribution in [0.4, 0.5) is 5.82 Å². The maximum Gasteiger partial charge on any atom is 0.272 e. The minimum atomic E-state index is -1.53. The van der Waals surface area contributed by atoms with Gasteiger partial charge in [-0.15, -0.1) is 28.3 Å². The van der Waals surface area contributed by atoms with Crippen LogP contribution in [0.2, 0.25) is 30.8 Å². The van der Waals surface area contributed by atoms with Gasteiger partial charge in [-0.05, 0) is 59.7 Å². The molecule has 3 heterocycles. The Morgan fingerprint density at radius 2 is 1.81 bits per heavy atom. The number of alkyl halides is 2. The zero-order chi connectivity index (χ0) is 32.3. The molecule has 15 heteroatoms. The average Bonchev–Trinajstić information content (AvgIpc) is 3.45. The molecule has 43 heavy (non-hydrogen) atoms. The Balaban J connectivity index is 1.81. The quantitative estimate of drug-likeness (QED) is 0.0930. The number of aromatic nitrogens is 6. The maximum absolute atomic E-state index is 13.6. The lowest BCUT2D eigenvalue weighted by atomic mass is 9.94. The largest absolute Gasteiger partial charge is 0.360 e. The molecule has 3 aromatic rings. The molecule has 2 N–H and O–H groups in total. The molecular weight excluding hydrogens is 631 g/mol. The van der Waals surface area contributed by atoms with Crippen molar-refractivity contribution in [3.8, 4) is 11.1 Å². The van der Waals surface area contributed by atoms with Gasteiger partial charge >= 0.3 is 0 Å². The average molecular weight is 672 g/mol. The first-order chi connectivity index (χ1) is 19.8. The van der Waals surface area contributed by atoms with Crippen molar-refractivity contribution < 1.29 is 14.3 Å². The molecule has 0 radical (unpaired) electrons. The maximum atomic E-state index is 13.6. The third kappa shape index (κ3) is 9.24. The van der Waals surface area contributed by atoms with Crippen LogP contribution in [0.5, 0.6) is 0 Å². The van der Waals surface area contributed by atoms with Crippen LogP contribution in [0, 0.1) is 13.8 Å². The molecule has 3 aromatic heterocycles. The van der Waals surface area contributed by atoms with Crippen LogP contribution in [0.15, 0.2) is 18.3 Å². The number of amides is 2. The predicted octanol–water partition coefficient (Wildman–Crippen LogP) is 6.41. The van der Waals surface area contributed by atoms with Gasteiger partial charge in [-0.25, -0.2) is 14.3 Å². The highest BCUT2D eigenvalue weighted by Crippen LogP contribution is 2.34. The Labute approximate surface area is 269 Å². The number of rotatable bonds is 13. The van der Waals surface area contributed by atoms with Crippen molar-refractivity contribution in [1.82, 2.24) is 35.1 Å². The Morgan fingerprint density at radius 1 is 1.14 bits per heavy atom. The molecule has 0 saturated carbocycles. The summed E-state index contributed by atoms with van der Waals surface area (Å²) >= 11 is 19.3. The van der Waals surface area contributed by atoms with Gasteiger partial charge in [0, 0.05) is 44.0 Å². The smallest absolute Gasteiger partial charge is 0.272 e. The second-order valence-corrected chi connectivity index (χ2v) is 20.4. The number of hydrogen-bond donors (Lipinski definition) is 2. The van der Waals surface area contributed by atoms with E-state index in [1.54, 1.807) is 19.1 Å². The summed E-state index contributed by atoms with van der Waals surface area (Å²) in [6.45, 7) is 18.6. The van der Waals surface area contributed by atoms with E-state index in [0.29, 0.717) is 18.9 Å². The van der Waals surface area contributed by atoms with Gasteiger partial charge in [-0.3, -0.25) is 9.59 Å². The van der Waals surface area contributed by atoms with Crippen molar-refractivity contribution in [2.45, 2.75) is 96.3 Å². The lowest BCUT2D eigenvalue weighted by molar-refractivity contribution is -0.121. The lowest BCUT2D eigenvalue weighted by Gasteiger charge is -2.33. The van der Waals surface area contributed by atoms with E-state index in [-0.39, 0.29) is 29.1 Å². The van der Waals surface area contributed by atoms with Gasteiger partial charge in [-0.1, -0.05) is 36.5 Å². The summed E-state index contributed by atoms with van der Waals surface area (Å²) in [6.07, 6.45) is 1.23. The number of carbonyl (C=O) groups excluding carboxylic acids is 2. The van der Waals surface area contributed by atoms with Crippen molar-refractivity contribution in [1.29, 1.82) is 0 Å². The summed E-state index contributed by atoms with van der Waals surface area (Å²) in [5, 5.41) is 18.1. The van der Waals surface area contributed by atoms with E-state index in [0.717, 1.165) is 23.0 Å². The van der Waals surface area contributed by atoms with Gasteiger partial charge in [0.2, 0.25) is 0 Å². The second kappa shape index (κ2) is 13.6. The molecule has 11 nitrogen and oxygen atoms in total. The number of pyridine rings is 1. The summed E-state index contributed by atoms with van der Waals surface area (Å²) in [6, 6.07) is 4.36. The first kappa shape index (κ1) is 35.0. The monoisotopic (exact) mass is 670 g/mol. The molecule has 236 valence electrons. The summed E-state index contributed by atoms with van der Waals surface area (Å²) in [7, 11) is -1.19. The molecule has 0 fully saturated rings. The molecule has 2 amide bonds. The van der Waals surface area contributed by atoms with Gasteiger partial charge in [-0.2, -0.15) is 5.10 Å². The van der Waals surface area contributed by atoms with Crippen molar-refractivity contribution in [3.05, 3.63) is 40.6 Å². The summed E-state index contributed by atoms with van der Waals surface area (Å²) in [5.41, 5.74) is 1.84. The van der Waals surface area contributed by atoms with Gasteiger partial charge in [0.25, 0.3) is 11.8 Å². The SMILES string of the molecule is Cc1nn(COCC[Si](C)(C)C)c(C)c1-c1ccc(NC(=O)[C@](C)(CC(C)(Cl)Cl)NC(=O)c2cnnn2C(C)C)nc1Cl. The van der Waals surface area contributed by atoms with E-state index in [1.807, 2.05) is 32.4 Å². The summed E-state index contributed by atoms with van der Waals surface area (Å²) in [4.78, 5) is 31.2. The number of aryl methyl sites for hydroxylation is 1. The van der Waals surface area contributed by atoms with Crippen LogP contribution in [0.25, 0.3) is 11.1 Å². The molecule has 0 aromatic carbocycles. The highest BCUT2D eigenvalue weighted by molar-refractivity contribution is 6.76. The molecule has 0 unspecified atom stereocenters. The van der Waals surface area contributed by atoms with Crippen molar-refractivity contribution in [2.75, 3.05) is 11.9 Å². The van der Waals surface area contributed by atoms with Crippen LogP contribution >= 0.6 is 34.8 Å². The van der Waals surface area contributed by atoms with E-state index < -0.39 is 29.8 Å². The van der Waals surface area contributed by atoms with Crippen molar-refractivity contribution >= 4 is 60.5 Å². The zero-order valence-electron chi connectivity index (χ0n) is 26.2. The Morgan fingerprint density at radius 3 is 2.40 bits per heavy atom. The predicted molar refractivity (Wildman–Crippen MR) is 174 cm³/mol.